The van der Waals surface area contributed by atoms with Crippen molar-refractivity contribution in [1.82, 2.24) is 4.90 Å². The second-order valence-electron chi connectivity index (χ2n) is 9.71. The summed E-state index contributed by atoms with van der Waals surface area (Å²) in [5.74, 6) is -5.40. The van der Waals surface area contributed by atoms with Gasteiger partial charge in [-0.25, -0.2) is 0 Å². The highest BCUT2D eigenvalue weighted by Crippen LogP contribution is 2.53. The first-order valence-electron chi connectivity index (χ1n) is 11.0. The average molecular weight is 485 g/mol. The topological polar surface area (TPSA) is 188 Å². The number of Topliss-reactive ketones (excluding diaryl/α,β-unsaturated/α-hetero) is 1. The zero-order chi connectivity index (χ0) is 26.1. The Hall–Kier alpha value is -3.70. The Morgan fingerprint density at radius 2 is 1.86 bits per heavy atom. The van der Waals surface area contributed by atoms with Gasteiger partial charge in [0.15, 0.2) is 11.9 Å². The van der Waals surface area contributed by atoms with Crippen LogP contribution < -0.4 is 10.6 Å². The Kier molecular flexibility index (Phi) is 5.53. The maximum Gasteiger partial charge on any atom is 0.254 e. The quantitative estimate of drug-likeness (QED) is 0.326. The van der Waals surface area contributed by atoms with E-state index in [0.717, 1.165) is 0 Å². The number of fused-ring (bicyclic) bond motifs is 3. The van der Waals surface area contributed by atoms with Crippen LogP contribution in [0.2, 0.25) is 0 Å². The Bertz CT molecular complexity index is 1260. The Labute approximate surface area is 201 Å². The molecule has 1 amide bonds. The van der Waals surface area contributed by atoms with Crippen LogP contribution in [-0.2, 0) is 16.0 Å². The third kappa shape index (κ3) is 3.11. The second-order valence-corrected chi connectivity index (χ2v) is 9.71. The van der Waals surface area contributed by atoms with Crippen LogP contribution in [0.1, 0.15) is 27.9 Å². The van der Waals surface area contributed by atoms with E-state index in [1.54, 1.807) is 33.1 Å². The minimum Gasteiger partial charge on any atom is -0.510 e. The van der Waals surface area contributed by atoms with Gasteiger partial charge in [-0.1, -0.05) is 0 Å². The molecule has 0 bridgehead atoms. The molecular weight excluding hydrogens is 456 g/mol. The number of carbonyl (C=O) groups is 3. The van der Waals surface area contributed by atoms with Gasteiger partial charge in [-0.15, -0.1) is 0 Å². The summed E-state index contributed by atoms with van der Waals surface area (Å²) in [4.78, 5) is 40.7. The number of aromatic hydroxyl groups is 1. The van der Waals surface area contributed by atoms with Gasteiger partial charge in [0.25, 0.3) is 5.91 Å². The largest absolute Gasteiger partial charge is 0.510 e. The number of benzene rings is 1. The van der Waals surface area contributed by atoms with E-state index in [1.807, 2.05) is 0 Å². The first-order chi connectivity index (χ1) is 16.3. The Morgan fingerprint density at radius 3 is 2.37 bits per heavy atom. The molecule has 7 N–H and O–H groups in total. The summed E-state index contributed by atoms with van der Waals surface area (Å²) in [7, 11) is 6.67. The molecule has 35 heavy (non-hydrogen) atoms. The van der Waals surface area contributed by atoms with Crippen molar-refractivity contribution >= 4 is 35.1 Å². The molecule has 0 aromatic heterocycles. The third-order valence-electron chi connectivity index (χ3n) is 7.39. The number of carbonyl (C=O) groups excluding carboxylic acids is 3. The summed E-state index contributed by atoms with van der Waals surface area (Å²) in [5.41, 5.74) is 2.07. The number of ketones is 1. The number of likely N-dealkylation sites (N-methyl/N-ethyl adjacent to an activating group) is 1. The van der Waals surface area contributed by atoms with Crippen molar-refractivity contribution in [1.29, 1.82) is 5.41 Å². The molecule has 1 fully saturated rings. The van der Waals surface area contributed by atoms with Crippen LogP contribution in [0.3, 0.4) is 0 Å². The number of hydrogen-bond acceptors (Lipinski definition) is 10. The van der Waals surface area contributed by atoms with Crippen LogP contribution in [0.5, 0.6) is 5.75 Å². The number of nitrogens with two attached hydrogens (primary N) is 1. The van der Waals surface area contributed by atoms with E-state index in [9.17, 15) is 34.8 Å². The zero-order valence-corrected chi connectivity index (χ0v) is 19.8. The smallest absolute Gasteiger partial charge is 0.254 e. The van der Waals surface area contributed by atoms with E-state index in [2.05, 4.69) is 0 Å². The van der Waals surface area contributed by atoms with Crippen molar-refractivity contribution in [3.05, 3.63) is 39.7 Å². The minimum absolute atomic E-state index is 0.0749. The number of aliphatic hydroxyl groups is 3. The van der Waals surface area contributed by atoms with Gasteiger partial charge in [0.2, 0.25) is 5.78 Å². The first-order valence-corrected chi connectivity index (χ1v) is 11.0. The van der Waals surface area contributed by atoms with Crippen LogP contribution in [0, 0.1) is 17.2 Å². The van der Waals surface area contributed by atoms with Crippen molar-refractivity contribution in [2.75, 3.05) is 33.1 Å². The highest BCUT2D eigenvalue weighted by molar-refractivity contribution is 6.34. The molecule has 1 aromatic rings. The number of rotatable bonds is 4. The lowest BCUT2D eigenvalue weighted by Gasteiger charge is -2.51. The number of anilines is 1. The summed E-state index contributed by atoms with van der Waals surface area (Å²) in [5, 5.41) is 53.0. The Balaban J connectivity index is 2.00. The van der Waals surface area contributed by atoms with Crippen molar-refractivity contribution in [2.45, 2.75) is 24.5 Å². The maximum absolute atomic E-state index is 13.8. The molecule has 186 valence electrons. The molecule has 4 atom stereocenters. The van der Waals surface area contributed by atoms with Crippen molar-refractivity contribution in [2.24, 2.45) is 17.6 Å². The van der Waals surface area contributed by atoms with Gasteiger partial charge in [-0.3, -0.25) is 19.3 Å². The lowest BCUT2D eigenvalue weighted by Crippen LogP contribution is -2.67. The standard InChI is InChI=1S/C24H28N4O7/c1-27(2)13-7-10(8-29)18(30)15-11(13)5-9-6-12-17(28(3)4)20(32)16(23(26)34)21(25)24(12,35)22(33)14(9)19(15)31/h7-9,12,17,25,30-32,35H,5-6H2,1-4H3,(H2,26,34)/t9?,12?,17-,24+/m0/s1. The number of phenolic OH excluding ortho intramolecular Hbond substituents is 1. The lowest BCUT2D eigenvalue weighted by molar-refractivity contribution is -0.138. The van der Waals surface area contributed by atoms with E-state index >= 15 is 0 Å². The van der Waals surface area contributed by atoms with Gasteiger partial charge in [-0.05, 0) is 44.5 Å². The molecule has 1 saturated carbocycles. The molecule has 3 aliphatic carbocycles. The number of nitrogens with one attached hydrogen (secondary N) is 1. The summed E-state index contributed by atoms with van der Waals surface area (Å²) < 4.78 is 0. The summed E-state index contributed by atoms with van der Waals surface area (Å²) >= 11 is 0. The van der Waals surface area contributed by atoms with Gasteiger partial charge in [0.1, 0.15) is 22.8 Å². The first kappa shape index (κ1) is 24.4. The highest BCUT2D eigenvalue weighted by Gasteiger charge is 2.63. The minimum atomic E-state index is -2.55. The fourth-order valence-electron chi connectivity index (χ4n) is 5.86. The van der Waals surface area contributed by atoms with Gasteiger partial charge in [-0.2, -0.15) is 0 Å². The highest BCUT2D eigenvalue weighted by atomic mass is 16.3. The molecule has 0 spiro atoms. The number of hydrogen-bond donors (Lipinski definition) is 6. The van der Waals surface area contributed by atoms with Crippen LogP contribution in [0.25, 0.3) is 5.76 Å². The second kappa shape index (κ2) is 7.92. The molecular formula is C24H28N4O7. The molecule has 0 aliphatic heterocycles. The zero-order valence-electron chi connectivity index (χ0n) is 19.8. The Morgan fingerprint density at radius 1 is 1.23 bits per heavy atom. The van der Waals surface area contributed by atoms with E-state index < -0.39 is 63.7 Å². The van der Waals surface area contributed by atoms with E-state index in [-0.39, 0.29) is 29.5 Å². The lowest BCUT2D eigenvalue weighted by atomic mass is 9.56. The number of nitrogens with zero attached hydrogens (tertiary/aromatic N) is 2. The molecule has 1 aromatic carbocycles. The van der Waals surface area contributed by atoms with Gasteiger partial charge in [0, 0.05) is 31.3 Å². The molecule has 11 heteroatoms. The average Bonchev–Trinajstić information content (AvgIpc) is 2.75. The maximum atomic E-state index is 13.8. The summed E-state index contributed by atoms with van der Waals surface area (Å²) in [6.07, 6.45) is 0.698. The predicted octanol–water partition coefficient (Wildman–Crippen LogP) is 0.293. The van der Waals surface area contributed by atoms with Crippen molar-refractivity contribution < 1.29 is 34.8 Å². The predicted molar refractivity (Wildman–Crippen MR) is 127 cm³/mol. The molecule has 2 unspecified atom stereocenters. The molecule has 11 nitrogen and oxygen atoms in total. The third-order valence-corrected chi connectivity index (χ3v) is 7.39. The molecule has 0 saturated heterocycles. The van der Waals surface area contributed by atoms with Crippen LogP contribution >= 0.6 is 0 Å². The molecule has 0 radical (unpaired) electrons. The number of amides is 1. The van der Waals surface area contributed by atoms with Gasteiger partial charge in [0.05, 0.1) is 22.9 Å². The fourth-order valence-corrected chi connectivity index (χ4v) is 5.86. The number of aliphatic hydroxyl groups excluding tert-OH is 2. The van der Waals surface area contributed by atoms with E-state index in [0.29, 0.717) is 17.5 Å². The van der Waals surface area contributed by atoms with Crippen LogP contribution in [0.15, 0.2) is 23.0 Å². The van der Waals surface area contributed by atoms with Gasteiger partial charge >= 0.3 is 0 Å². The monoisotopic (exact) mass is 484 g/mol. The van der Waals surface area contributed by atoms with E-state index in [1.165, 1.54) is 11.0 Å². The SMILES string of the molecule is CN(C)c1cc(C=O)c(O)c2c1CC1CC3[C@H](N(C)C)C(O)=C(C(N)=O)C(=N)[C@@]3(O)C(=O)C1=C2O. The van der Waals surface area contributed by atoms with Crippen LogP contribution in [-0.4, -0.2) is 88.8 Å². The van der Waals surface area contributed by atoms with Crippen molar-refractivity contribution in [3.8, 4) is 5.75 Å². The van der Waals surface area contributed by atoms with E-state index in [4.69, 9.17) is 11.1 Å². The summed E-state index contributed by atoms with van der Waals surface area (Å²) in [6, 6.07) is 0.498. The number of aldehydes is 1. The fraction of sp³-hybridized carbons (Fsp3) is 0.417. The molecule has 0 heterocycles. The number of phenols is 1. The number of primary amides is 1. The molecule has 3 aliphatic rings. The van der Waals surface area contributed by atoms with Crippen molar-refractivity contribution in [3.63, 3.8) is 0 Å². The van der Waals surface area contributed by atoms with Crippen LogP contribution in [0.4, 0.5) is 5.69 Å². The summed E-state index contributed by atoms with van der Waals surface area (Å²) in [6.45, 7) is 0. The molecule has 4 rings (SSSR count). The normalized spacial score (nSPS) is 28.0. The van der Waals surface area contributed by atoms with Gasteiger partial charge < -0.3 is 36.5 Å².